The van der Waals surface area contributed by atoms with E-state index in [0.717, 1.165) is 16.0 Å². The number of carboxylic acid groups (broad SMARTS) is 1. The van der Waals surface area contributed by atoms with Crippen molar-refractivity contribution < 1.29 is 29.0 Å². The van der Waals surface area contributed by atoms with Crippen LogP contribution in [0.15, 0.2) is 76.8 Å². The first-order valence-corrected chi connectivity index (χ1v) is 11.2. The predicted molar refractivity (Wildman–Crippen MR) is 132 cm³/mol. The van der Waals surface area contributed by atoms with Crippen molar-refractivity contribution in [1.82, 2.24) is 5.32 Å². The number of nitrogens with one attached hydrogen (secondary N) is 1. The summed E-state index contributed by atoms with van der Waals surface area (Å²) in [6, 6.07) is 17.3. The lowest BCUT2D eigenvalue weighted by molar-refractivity contribution is -0.122. The maximum Gasteiger partial charge on any atom is 0.335 e. The number of hydrogen-bond acceptors (Lipinski definition) is 5. The van der Waals surface area contributed by atoms with Crippen LogP contribution in [-0.2, 0) is 16.2 Å². The van der Waals surface area contributed by atoms with Crippen LogP contribution < -0.4 is 15.0 Å². The van der Waals surface area contributed by atoms with E-state index in [2.05, 4.69) is 21.2 Å². The van der Waals surface area contributed by atoms with E-state index < -0.39 is 23.8 Å². The molecule has 176 valence electrons. The van der Waals surface area contributed by atoms with Crippen molar-refractivity contribution in [3.8, 4) is 5.75 Å². The summed E-state index contributed by atoms with van der Waals surface area (Å²) in [5.41, 5.74) is 2.38. The van der Waals surface area contributed by atoms with E-state index in [9.17, 15) is 19.2 Å². The quantitative estimate of drug-likeness (QED) is 0.350. The van der Waals surface area contributed by atoms with Gasteiger partial charge in [-0.05, 0) is 61.0 Å². The molecule has 2 N–H and O–H groups in total. The minimum Gasteiger partial charge on any atom is -0.488 e. The number of halogens is 1. The minimum absolute atomic E-state index is 0.00467. The van der Waals surface area contributed by atoms with E-state index in [-0.39, 0.29) is 23.4 Å². The lowest BCUT2D eigenvalue weighted by Crippen LogP contribution is -2.54. The van der Waals surface area contributed by atoms with E-state index in [1.54, 1.807) is 18.2 Å². The molecule has 0 spiro atoms. The molecule has 4 rings (SSSR count). The molecule has 4 amide bonds. The number of anilines is 1. The third-order valence-corrected chi connectivity index (χ3v) is 5.75. The molecule has 1 aliphatic heterocycles. The van der Waals surface area contributed by atoms with Crippen molar-refractivity contribution in [2.45, 2.75) is 13.5 Å². The van der Waals surface area contributed by atoms with E-state index in [4.69, 9.17) is 9.84 Å². The highest BCUT2D eigenvalue weighted by atomic mass is 79.9. The van der Waals surface area contributed by atoms with Gasteiger partial charge in [0.2, 0.25) is 0 Å². The highest BCUT2D eigenvalue weighted by molar-refractivity contribution is 9.10. The van der Waals surface area contributed by atoms with Gasteiger partial charge < -0.3 is 9.84 Å². The summed E-state index contributed by atoms with van der Waals surface area (Å²) in [7, 11) is 0. The minimum atomic E-state index is -1.14. The summed E-state index contributed by atoms with van der Waals surface area (Å²) >= 11 is 3.39. The summed E-state index contributed by atoms with van der Waals surface area (Å²) in [4.78, 5) is 50.1. The Balaban J connectivity index is 1.65. The van der Waals surface area contributed by atoms with Crippen molar-refractivity contribution >= 4 is 51.5 Å². The smallest absolute Gasteiger partial charge is 0.335 e. The van der Waals surface area contributed by atoms with Crippen LogP contribution >= 0.6 is 15.9 Å². The highest BCUT2D eigenvalue weighted by Gasteiger charge is 2.37. The molecule has 3 aromatic carbocycles. The Morgan fingerprint density at radius 3 is 2.37 bits per heavy atom. The van der Waals surface area contributed by atoms with Gasteiger partial charge in [0.15, 0.2) is 0 Å². The van der Waals surface area contributed by atoms with Crippen LogP contribution in [0.25, 0.3) is 6.08 Å². The normalized spacial score (nSPS) is 14.7. The SMILES string of the molecule is Cc1ccc(COc2ccc(Br)cc2/C=C2\C(=O)NC(=O)N(c3ccc(C(=O)O)cc3)C2=O)cc1. The first kappa shape index (κ1) is 23.9. The maximum atomic E-state index is 13.2. The summed E-state index contributed by atoms with van der Waals surface area (Å²) in [6.45, 7) is 2.27. The highest BCUT2D eigenvalue weighted by Crippen LogP contribution is 2.29. The first-order chi connectivity index (χ1) is 16.7. The zero-order chi connectivity index (χ0) is 25.1. The molecule has 0 saturated carbocycles. The predicted octanol–water partition coefficient (Wildman–Crippen LogP) is 4.70. The molecule has 35 heavy (non-hydrogen) atoms. The van der Waals surface area contributed by atoms with Gasteiger partial charge in [0.25, 0.3) is 11.8 Å². The zero-order valence-electron chi connectivity index (χ0n) is 18.4. The van der Waals surface area contributed by atoms with Crippen LogP contribution in [0.5, 0.6) is 5.75 Å². The Bertz CT molecular complexity index is 1360. The van der Waals surface area contributed by atoms with E-state index >= 15 is 0 Å². The molecule has 9 heteroatoms. The maximum absolute atomic E-state index is 13.2. The van der Waals surface area contributed by atoms with Gasteiger partial charge in [0.05, 0.1) is 11.3 Å². The summed E-state index contributed by atoms with van der Waals surface area (Å²) in [5.74, 6) is -2.39. The Morgan fingerprint density at radius 1 is 1.03 bits per heavy atom. The molecule has 1 fully saturated rings. The molecule has 1 aliphatic rings. The Labute approximate surface area is 209 Å². The Hall–Kier alpha value is -4.24. The lowest BCUT2D eigenvalue weighted by Gasteiger charge is -2.26. The summed E-state index contributed by atoms with van der Waals surface area (Å²) in [6.07, 6.45) is 1.36. The van der Waals surface area contributed by atoms with E-state index in [0.29, 0.717) is 15.8 Å². The number of ether oxygens (including phenoxy) is 1. The van der Waals surface area contributed by atoms with E-state index in [1.165, 1.54) is 30.3 Å². The number of aryl methyl sites for hydroxylation is 1. The third-order valence-electron chi connectivity index (χ3n) is 5.26. The number of barbiturate groups is 1. The number of nitrogens with zero attached hydrogens (tertiary/aromatic N) is 1. The fraction of sp³-hybridized carbons (Fsp3) is 0.0769. The van der Waals surface area contributed by atoms with Gasteiger partial charge in [-0.25, -0.2) is 14.5 Å². The second-order valence-electron chi connectivity index (χ2n) is 7.77. The van der Waals surface area contributed by atoms with Gasteiger partial charge >= 0.3 is 12.0 Å². The van der Waals surface area contributed by atoms with Crippen LogP contribution in [-0.4, -0.2) is 28.9 Å². The van der Waals surface area contributed by atoms with Gasteiger partial charge in [-0.2, -0.15) is 0 Å². The molecular weight excluding hydrogens is 516 g/mol. The molecule has 3 aromatic rings. The number of rotatable bonds is 6. The van der Waals surface area contributed by atoms with Gasteiger partial charge in [-0.15, -0.1) is 0 Å². The van der Waals surface area contributed by atoms with Gasteiger partial charge in [0.1, 0.15) is 17.9 Å². The molecular formula is C26H19BrN2O6. The van der Waals surface area contributed by atoms with Crippen molar-refractivity contribution in [3.63, 3.8) is 0 Å². The van der Waals surface area contributed by atoms with Crippen LogP contribution in [0, 0.1) is 6.92 Å². The lowest BCUT2D eigenvalue weighted by atomic mass is 10.1. The standard InChI is InChI=1S/C26H19BrN2O6/c1-15-2-4-16(5-3-15)14-35-22-11-8-19(27)12-18(22)13-21-23(30)28-26(34)29(24(21)31)20-9-6-17(7-10-20)25(32)33/h2-13H,14H2,1H3,(H,32,33)(H,28,30,34)/b21-13+. The topological polar surface area (TPSA) is 113 Å². The number of aromatic carboxylic acids is 1. The fourth-order valence-corrected chi connectivity index (χ4v) is 3.79. The van der Waals surface area contributed by atoms with Crippen molar-refractivity contribution in [2.24, 2.45) is 0 Å². The first-order valence-electron chi connectivity index (χ1n) is 10.5. The number of carbonyl (C=O) groups is 4. The van der Waals surface area contributed by atoms with Gasteiger partial charge in [-0.3, -0.25) is 14.9 Å². The average molecular weight is 535 g/mol. The third kappa shape index (κ3) is 5.30. The molecule has 0 atom stereocenters. The number of benzene rings is 3. The van der Waals surface area contributed by atoms with Crippen LogP contribution in [0.4, 0.5) is 10.5 Å². The summed E-state index contributed by atoms with van der Waals surface area (Å²) in [5, 5.41) is 11.2. The van der Waals surface area contributed by atoms with Crippen molar-refractivity contribution in [1.29, 1.82) is 0 Å². The second-order valence-corrected chi connectivity index (χ2v) is 8.68. The number of hydrogen-bond donors (Lipinski definition) is 2. The molecule has 0 radical (unpaired) electrons. The Kier molecular flexibility index (Phi) is 6.79. The monoisotopic (exact) mass is 534 g/mol. The molecule has 0 unspecified atom stereocenters. The van der Waals surface area contributed by atoms with Crippen LogP contribution in [0.1, 0.15) is 27.0 Å². The largest absolute Gasteiger partial charge is 0.488 e. The van der Waals surface area contributed by atoms with Crippen LogP contribution in [0.2, 0.25) is 0 Å². The number of urea groups is 1. The number of carbonyl (C=O) groups excluding carboxylic acids is 3. The van der Waals surface area contributed by atoms with Gasteiger partial charge in [0, 0.05) is 10.0 Å². The second kappa shape index (κ2) is 9.94. The van der Waals surface area contributed by atoms with E-state index in [1.807, 2.05) is 31.2 Å². The number of imide groups is 2. The summed E-state index contributed by atoms with van der Waals surface area (Å²) < 4.78 is 6.66. The molecule has 1 saturated heterocycles. The Morgan fingerprint density at radius 2 is 1.71 bits per heavy atom. The number of amides is 4. The zero-order valence-corrected chi connectivity index (χ0v) is 20.0. The fourth-order valence-electron chi connectivity index (χ4n) is 3.41. The molecule has 0 aliphatic carbocycles. The molecule has 1 heterocycles. The average Bonchev–Trinajstić information content (AvgIpc) is 2.82. The number of carboxylic acids is 1. The molecule has 0 bridgehead atoms. The van der Waals surface area contributed by atoms with Crippen LogP contribution in [0.3, 0.4) is 0 Å². The van der Waals surface area contributed by atoms with Crippen molar-refractivity contribution in [3.05, 3.63) is 99.0 Å². The molecule has 8 nitrogen and oxygen atoms in total. The van der Waals surface area contributed by atoms with Gasteiger partial charge in [-0.1, -0.05) is 45.8 Å². The molecule has 0 aromatic heterocycles. The van der Waals surface area contributed by atoms with Crippen molar-refractivity contribution in [2.75, 3.05) is 4.90 Å².